The molecule has 1 amide bonds. The van der Waals surface area contributed by atoms with E-state index in [1.165, 1.54) is 30.3 Å². The predicted molar refractivity (Wildman–Crippen MR) is 137 cm³/mol. The molecule has 0 aliphatic heterocycles. The molecule has 0 fully saturated rings. The molecule has 1 aromatic heterocycles. The standard InChI is InChI=1S/C25H24N4O5S2/c1-25(2,3)18-8-10-20(11-9-18)36(33,34)28-24(30)21(14-16-5-4-6-19(13-16)29(31)32)17-7-12-22-23(15-17)27-35-26-22/h4-13,15,21H,14H2,1-3H3,(H,28,30). The summed E-state index contributed by atoms with van der Waals surface area (Å²) in [6.07, 6.45) is 0.0507. The van der Waals surface area contributed by atoms with E-state index in [1.807, 2.05) is 20.8 Å². The molecule has 186 valence electrons. The highest BCUT2D eigenvalue weighted by atomic mass is 32.2. The normalized spacial score (nSPS) is 12.9. The Morgan fingerprint density at radius 2 is 1.72 bits per heavy atom. The van der Waals surface area contributed by atoms with Crippen molar-refractivity contribution < 1.29 is 18.1 Å². The lowest BCUT2D eigenvalue weighted by Gasteiger charge is -2.20. The van der Waals surface area contributed by atoms with Crippen LogP contribution in [-0.2, 0) is 26.7 Å². The van der Waals surface area contributed by atoms with Crippen LogP contribution in [0.15, 0.2) is 71.6 Å². The SMILES string of the molecule is CC(C)(C)c1ccc(S(=O)(=O)NC(=O)C(Cc2cccc([N+](=O)[O-])c2)c2ccc3nsnc3c2)cc1. The van der Waals surface area contributed by atoms with Gasteiger partial charge in [0.15, 0.2) is 0 Å². The van der Waals surface area contributed by atoms with Crippen LogP contribution in [0.4, 0.5) is 5.69 Å². The second-order valence-corrected chi connectivity index (χ2v) is 11.7. The number of carbonyl (C=O) groups is 1. The molecule has 11 heteroatoms. The van der Waals surface area contributed by atoms with Crippen LogP contribution < -0.4 is 4.72 Å². The minimum Gasteiger partial charge on any atom is -0.273 e. The first kappa shape index (κ1) is 25.4. The topological polar surface area (TPSA) is 132 Å². The van der Waals surface area contributed by atoms with Crippen molar-refractivity contribution in [3.8, 4) is 0 Å². The van der Waals surface area contributed by atoms with E-state index in [4.69, 9.17) is 0 Å². The summed E-state index contributed by atoms with van der Waals surface area (Å²) in [6, 6.07) is 17.4. The Morgan fingerprint density at radius 3 is 2.39 bits per heavy atom. The number of aromatic nitrogens is 2. The fourth-order valence-corrected chi connectivity index (χ4v) is 5.34. The van der Waals surface area contributed by atoms with E-state index in [2.05, 4.69) is 13.5 Å². The number of carbonyl (C=O) groups excluding carboxylic acids is 1. The summed E-state index contributed by atoms with van der Waals surface area (Å²) < 4.78 is 36.7. The van der Waals surface area contributed by atoms with E-state index in [0.717, 1.165) is 17.3 Å². The maximum absolute atomic E-state index is 13.4. The number of benzene rings is 3. The first-order valence-corrected chi connectivity index (χ1v) is 13.3. The van der Waals surface area contributed by atoms with E-state index < -0.39 is 26.8 Å². The maximum atomic E-state index is 13.4. The van der Waals surface area contributed by atoms with Crippen LogP contribution in [0.3, 0.4) is 0 Å². The van der Waals surface area contributed by atoms with Gasteiger partial charge in [-0.1, -0.05) is 51.1 Å². The summed E-state index contributed by atoms with van der Waals surface area (Å²) in [7, 11) is -4.15. The molecule has 36 heavy (non-hydrogen) atoms. The number of nitrogens with zero attached hydrogens (tertiary/aromatic N) is 3. The smallest absolute Gasteiger partial charge is 0.269 e. The van der Waals surface area contributed by atoms with Gasteiger partial charge in [-0.25, -0.2) is 13.1 Å². The molecular weight excluding hydrogens is 500 g/mol. The predicted octanol–water partition coefficient (Wildman–Crippen LogP) is 4.73. The molecule has 0 aliphatic carbocycles. The van der Waals surface area contributed by atoms with Gasteiger partial charge in [-0.05, 0) is 52.8 Å². The zero-order valence-electron chi connectivity index (χ0n) is 19.8. The van der Waals surface area contributed by atoms with Crippen LogP contribution in [0, 0.1) is 10.1 Å². The zero-order valence-corrected chi connectivity index (χ0v) is 21.5. The molecule has 3 aromatic carbocycles. The van der Waals surface area contributed by atoms with Gasteiger partial charge in [-0.15, -0.1) is 0 Å². The number of non-ortho nitro benzene ring substituents is 1. The minimum atomic E-state index is -4.15. The zero-order chi connectivity index (χ0) is 26.1. The molecule has 1 heterocycles. The lowest BCUT2D eigenvalue weighted by molar-refractivity contribution is -0.384. The van der Waals surface area contributed by atoms with Crippen molar-refractivity contribution in [3.63, 3.8) is 0 Å². The summed E-state index contributed by atoms with van der Waals surface area (Å²) >= 11 is 1.03. The van der Waals surface area contributed by atoms with Gasteiger partial charge in [0.05, 0.1) is 27.5 Å². The quantitative estimate of drug-likeness (QED) is 0.273. The third-order valence-corrected chi connectivity index (χ3v) is 7.74. The second-order valence-electron chi connectivity index (χ2n) is 9.44. The van der Waals surface area contributed by atoms with Crippen LogP contribution in [0.25, 0.3) is 11.0 Å². The van der Waals surface area contributed by atoms with Gasteiger partial charge in [-0.2, -0.15) is 8.75 Å². The number of nitro benzene ring substituents is 1. The van der Waals surface area contributed by atoms with Crippen molar-refractivity contribution in [2.45, 2.75) is 43.4 Å². The van der Waals surface area contributed by atoms with Crippen molar-refractivity contribution in [3.05, 3.63) is 93.5 Å². The van der Waals surface area contributed by atoms with E-state index in [0.29, 0.717) is 22.2 Å². The Hall–Kier alpha value is -3.70. The summed E-state index contributed by atoms with van der Waals surface area (Å²) in [5, 5.41) is 11.2. The Morgan fingerprint density at radius 1 is 1.03 bits per heavy atom. The number of hydrogen-bond donors (Lipinski definition) is 1. The minimum absolute atomic E-state index is 0.0305. The van der Waals surface area contributed by atoms with Gasteiger partial charge in [0.2, 0.25) is 5.91 Å². The number of rotatable bonds is 7. The van der Waals surface area contributed by atoms with Gasteiger partial charge >= 0.3 is 0 Å². The van der Waals surface area contributed by atoms with Gasteiger partial charge in [-0.3, -0.25) is 14.9 Å². The van der Waals surface area contributed by atoms with Gasteiger partial charge in [0.1, 0.15) is 11.0 Å². The molecule has 0 saturated heterocycles. The third-order valence-electron chi connectivity index (χ3n) is 5.82. The Labute approximate surface area is 212 Å². The van der Waals surface area contributed by atoms with E-state index in [-0.39, 0.29) is 22.4 Å². The average molecular weight is 525 g/mol. The Kier molecular flexibility index (Phi) is 6.87. The van der Waals surface area contributed by atoms with Crippen molar-refractivity contribution in [2.24, 2.45) is 0 Å². The molecule has 0 radical (unpaired) electrons. The largest absolute Gasteiger partial charge is 0.273 e. The number of nitrogens with one attached hydrogen (secondary N) is 1. The van der Waals surface area contributed by atoms with Crippen LogP contribution in [0.2, 0.25) is 0 Å². The highest BCUT2D eigenvalue weighted by Gasteiger charge is 2.28. The summed E-state index contributed by atoms with van der Waals surface area (Å²) in [4.78, 5) is 24.1. The lowest BCUT2D eigenvalue weighted by Crippen LogP contribution is -2.35. The Balaban J connectivity index is 1.67. The molecular formula is C25H24N4O5S2. The fraction of sp³-hybridized carbons (Fsp3) is 0.240. The highest BCUT2D eigenvalue weighted by Crippen LogP contribution is 2.28. The van der Waals surface area contributed by atoms with Crippen LogP contribution in [0.5, 0.6) is 0 Å². The number of sulfonamides is 1. The van der Waals surface area contributed by atoms with Crippen molar-refractivity contribution in [2.75, 3.05) is 0 Å². The summed E-state index contributed by atoms with van der Waals surface area (Å²) in [5.41, 5.74) is 2.97. The van der Waals surface area contributed by atoms with Gasteiger partial charge < -0.3 is 0 Å². The molecule has 0 aliphatic rings. The molecule has 9 nitrogen and oxygen atoms in total. The van der Waals surface area contributed by atoms with Crippen molar-refractivity contribution in [1.82, 2.24) is 13.5 Å². The van der Waals surface area contributed by atoms with Crippen LogP contribution in [0.1, 0.15) is 43.4 Å². The lowest BCUT2D eigenvalue weighted by atomic mass is 9.87. The number of fused-ring (bicyclic) bond motifs is 1. The Bertz CT molecular complexity index is 1540. The van der Waals surface area contributed by atoms with Gasteiger partial charge in [0.25, 0.3) is 15.7 Å². The fourth-order valence-electron chi connectivity index (χ4n) is 3.81. The monoisotopic (exact) mass is 524 g/mol. The van der Waals surface area contributed by atoms with Crippen molar-refractivity contribution in [1.29, 1.82) is 0 Å². The first-order chi connectivity index (χ1) is 16.9. The van der Waals surface area contributed by atoms with E-state index in [9.17, 15) is 23.3 Å². The molecule has 0 spiro atoms. The van der Waals surface area contributed by atoms with Crippen LogP contribution in [-0.4, -0.2) is 28.0 Å². The highest BCUT2D eigenvalue weighted by molar-refractivity contribution is 7.90. The number of amides is 1. The molecule has 4 rings (SSSR count). The maximum Gasteiger partial charge on any atom is 0.269 e. The van der Waals surface area contributed by atoms with Crippen LogP contribution >= 0.6 is 11.7 Å². The molecule has 0 bridgehead atoms. The van der Waals surface area contributed by atoms with Gasteiger partial charge in [0, 0.05) is 12.1 Å². The molecule has 4 aromatic rings. The molecule has 1 atom stereocenters. The third kappa shape index (κ3) is 5.58. The number of hydrogen-bond acceptors (Lipinski definition) is 8. The first-order valence-electron chi connectivity index (χ1n) is 11.1. The molecule has 1 unspecified atom stereocenters. The summed E-state index contributed by atoms with van der Waals surface area (Å²) in [6.45, 7) is 6.06. The molecule has 0 saturated carbocycles. The van der Waals surface area contributed by atoms with E-state index >= 15 is 0 Å². The second kappa shape index (κ2) is 9.75. The average Bonchev–Trinajstić information content (AvgIpc) is 3.30. The number of nitro groups is 1. The van der Waals surface area contributed by atoms with Crippen molar-refractivity contribution >= 4 is 44.4 Å². The molecule has 1 N–H and O–H groups in total. The summed E-state index contributed by atoms with van der Waals surface area (Å²) in [5.74, 6) is -1.69. The van der Waals surface area contributed by atoms with E-state index in [1.54, 1.807) is 36.4 Å².